The number of pyridine rings is 1. The Bertz CT molecular complexity index is 756. The van der Waals surface area contributed by atoms with E-state index in [1.165, 1.54) is 12.1 Å². The molecule has 3 aliphatic carbocycles. The van der Waals surface area contributed by atoms with Gasteiger partial charge in [0.1, 0.15) is 11.6 Å². The van der Waals surface area contributed by atoms with E-state index in [2.05, 4.69) is 15.3 Å². The van der Waals surface area contributed by atoms with Crippen molar-refractivity contribution in [2.24, 2.45) is 5.92 Å². The third-order valence-electron chi connectivity index (χ3n) is 4.95. The SMILES string of the molecule is Cc1nc(F)ccc1C(C(=O)O)c1cn(C23CC(C2)C3)nn1. The van der Waals surface area contributed by atoms with Gasteiger partial charge >= 0.3 is 5.97 Å². The fourth-order valence-corrected chi connectivity index (χ4v) is 3.62. The van der Waals surface area contributed by atoms with Crippen molar-refractivity contribution in [3.63, 3.8) is 0 Å². The maximum atomic E-state index is 13.1. The van der Waals surface area contributed by atoms with Crippen molar-refractivity contribution in [3.05, 3.63) is 41.2 Å². The molecule has 2 aromatic rings. The highest BCUT2D eigenvalue weighted by Gasteiger charge is 2.59. The van der Waals surface area contributed by atoms with E-state index in [4.69, 9.17) is 0 Å². The number of hydrogen-bond donors (Lipinski definition) is 1. The van der Waals surface area contributed by atoms with Crippen molar-refractivity contribution in [2.45, 2.75) is 37.6 Å². The van der Waals surface area contributed by atoms with Crippen LogP contribution in [0.2, 0.25) is 0 Å². The summed E-state index contributed by atoms with van der Waals surface area (Å²) in [5.74, 6) is -1.84. The van der Waals surface area contributed by atoms with Crippen LogP contribution in [0.25, 0.3) is 0 Å². The van der Waals surface area contributed by atoms with Crippen molar-refractivity contribution in [2.75, 3.05) is 0 Å². The molecule has 1 unspecified atom stereocenters. The molecular weight excluding hydrogens is 287 g/mol. The summed E-state index contributed by atoms with van der Waals surface area (Å²) in [7, 11) is 0. The fraction of sp³-hybridized carbons (Fsp3) is 0.467. The van der Waals surface area contributed by atoms with E-state index in [1.807, 2.05) is 4.68 Å². The highest BCUT2D eigenvalue weighted by atomic mass is 19.1. The largest absolute Gasteiger partial charge is 0.480 e. The van der Waals surface area contributed by atoms with E-state index >= 15 is 0 Å². The first kappa shape index (κ1) is 13.4. The molecule has 3 aliphatic rings. The number of carboxylic acid groups (broad SMARTS) is 1. The maximum absolute atomic E-state index is 13.1. The van der Waals surface area contributed by atoms with Gasteiger partial charge in [-0.25, -0.2) is 9.67 Å². The summed E-state index contributed by atoms with van der Waals surface area (Å²) in [6.45, 7) is 1.60. The van der Waals surface area contributed by atoms with Gasteiger partial charge in [0.2, 0.25) is 5.95 Å². The Morgan fingerprint density at radius 2 is 2.18 bits per heavy atom. The molecule has 22 heavy (non-hydrogen) atoms. The topological polar surface area (TPSA) is 80.9 Å². The molecular formula is C15H15FN4O2. The summed E-state index contributed by atoms with van der Waals surface area (Å²) in [6.07, 6.45) is 5.02. The van der Waals surface area contributed by atoms with E-state index in [9.17, 15) is 14.3 Å². The molecule has 2 bridgehead atoms. The number of hydrogen-bond acceptors (Lipinski definition) is 4. The van der Waals surface area contributed by atoms with Crippen LogP contribution in [-0.2, 0) is 10.3 Å². The summed E-state index contributed by atoms with van der Waals surface area (Å²) in [5.41, 5.74) is 1.23. The molecule has 3 saturated carbocycles. The fourth-order valence-electron chi connectivity index (χ4n) is 3.62. The monoisotopic (exact) mass is 302 g/mol. The van der Waals surface area contributed by atoms with Crippen LogP contribution in [0.5, 0.6) is 0 Å². The molecule has 0 spiro atoms. The first-order valence-corrected chi connectivity index (χ1v) is 7.27. The maximum Gasteiger partial charge on any atom is 0.317 e. The van der Waals surface area contributed by atoms with Gasteiger partial charge in [0.15, 0.2) is 0 Å². The number of aromatic nitrogens is 4. The number of carboxylic acids is 1. The van der Waals surface area contributed by atoms with Crippen LogP contribution in [0.15, 0.2) is 18.3 Å². The Labute approximate surface area is 126 Å². The first-order valence-electron chi connectivity index (χ1n) is 7.27. The molecule has 1 N–H and O–H groups in total. The van der Waals surface area contributed by atoms with E-state index in [1.54, 1.807) is 13.1 Å². The number of nitrogens with zero attached hydrogens (tertiary/aromatic N) is 4. The van der Waals surface area contributed by atoms with E-state index < -0.39 is 17.8 Å². The lowest BCUT2D eigenvalue weighted by molar-refractivity contribution is -0.137. The summed E-state index contributed by atoms with van der Waals surface area (Å²) >= 11 is 0. The molecule has 5 rings (SSSR count). The second kappa shape index (κ2) is 4.34. The number of rotatable bonds is 4. The minimum absolute atomic E-state index is 0.0645. The van der Waals surface area contributed by atoms with Gasteiger partial charge in [-0.3, -0.25) is 4.79 Å². The number of aryl methyl sites for hydroxylation is 1. The lowest BCUT2D eigenvalue weighted by atomic mass is 9.50. The quantitative estimate of drug-likeness (QED) is 0.872. The van der Waals surface area contributed by atoms with Crippen molar-refractivity contribution < 1.29 is 14.3 Å². The molecule has 6 nitrogen and oxygen atoms in total. The lowest BCUT2D eigenvalue weighted by Crippen LogP contribution is -2.59. The van der Waals surface area contributed by atoms with Crippen LogP contribution in [0.3, 0.4) is 0 Å². The first-order chi connectivity index (χ1) is 10.5. The highest BCUT2D eigenvalue weighted by Crippen LogP contribution is 2.61. The minimum Gasteiger partial charge on any atom is -0.480 e. The summed E-state index contributed by atoms with van der Waals surface area (Å²) in [6, 6.07) is 2.63. The Hall–Kier alpha value is -2.31. The second-order valence-electron chi connectivity index (χ2n) is 6.37. The predicted octanol–water partition coefficient (Wildman–Crippen LogP) is 1.85. The number of carbonyl (C=O) groups is 1. The molecule has 0 saturated heterocycles. The lowest BCUT2D eigenvalue weighted by Gasteiger charge is -2.61. The van der Waals surface area contributed by atoms with E-state index in [-0.39, 0.29) is 5.54 Å². The zero-order chi connectivity index (χ0) is 15.5. The average molecular weight is 302 g/mol. The number of aliphatic carboxylic acids is 1. The molecule has 114 valence electrons. The van der Waals surface area contributed by atoms with Gasteiger partial charge in [-0.05, 0) is 43.7 Å². The molecule has 2 aromatic heterocycles. The van der Waals surface area contributed by atoms with Gasteiger partial charge in [0.05, 0.1) is 11.7 Å². The Balaban J connectivity index is 1.71. The van der Waals surface area contributed by atoms with Gasteiger partial charge in [-0.1, -0.05) is 11.3 Å². The molecule has 0 aliphatic heterocycles. The van der Waals surface area contributed by atoms with Crippen LogP contribution < -0.4 is 0 Å². The molecule has 0 radical (unpaired) electrons. The van der Waals surface area contributed by atoms with Crippen LogP contribution in [0.1, 0.15) is 42.1 Å². The Kier molecular flexibility index (Phi) is 2.64. The molecule has 0 amide bonds. The standard InChI is InChI=1S/C15H15FN4O2/c1-8-10(2-3-12(16)17-8)13(14(21)22)11-7-20(19-18-11)15-4-9(5-15)6-15/h2-3,7,9,13H,4-6H2,1H3,(H,21,22). The van der Waals surface area contributed by atoms with Crippen molar-refractivity contribution >= 4 is 5.97 Å². The highest BCUT2D eigenvalue weighted by molar-refractivity contribution is 5.79. The van der Waals surface area contributed by atoms with Gasteiger partial charge in [0, 0.05) is 5.69 Å². The zero-order valence-corrected chi connectivity index (χ0v) is 12.0. The minimum atomic E-state index is -1.04. The molecule has 2 heterocycles. The Morgan fingerprint density at radius 1 is 1.45 bits per heavy atom. The summed E-state index contributed by atoms with van der Waals surface area (Å²) in [5, 5.41) is 17.8. The Morgan fingerprint density at radius 3 is 2.73 bits per heavy atom. The molecule has 0 aromatic carbocycles. The van der Waals surface area contributed by atoms with Crippen LogP contribution in [0.4, 0.5) is 4.39 Å². The third kappa shape index (κ3) is 1.77. The van der Waals surface area contributed by atoms with E-state index in [0.717, 1.165) is 25.2 Å². The van der Waals surface area contributed by atoms with Gasteiger partial charge in [-0.15, -0.1) is 5.10 Å². The van der Waals surface area contributed by atoms with E-state index in [0.29, 0.717) is 17.0 Å². The predicted molar refractivity (Wildman–Crippen MR) is 73.7 cm³/mol. The normalized spacial score (nSPS) is 26.9. The van der Waals surface area contributed by atoms with Crippen LogP contribution in [-0.4, -0.2) is 31.1 Å². The smallest absolute Gasteiger partial charge is 0.317 e. The van der Waals surface area contributed by atoms with Crippen LogP contribution >= 0.6 is 0 Å². The number of halogens is 1. The molecule has 7 heteroatoms. The van der Waals surface area contributed by atoms with Gasteiger partial charge in [-0.2, -0.15) is 4.39 Å². The molecule has 3 fully saturated rings. The van der Waals surface area contributed by atoms with Crippen molar-refractivity contribution in [3.8, 4) is 0 Å². The summed E-state index contributed by atoms with van der Waals surface area (Å²) in [4.78, 5) is 15.4. The van der Waals surface area contributed by atoms with Crippen molar-refractivity contribution in [1.29, 1.82) is 0 Å². The molecule has 1 atom stereocenters. The zero-order valence-electron chi connectivity index (χ0n) is 12.0. The van der Waals surface area contributed by atoms with Gasteiger partial charge in [0.25, 0.3) is 0 Å². The average Bonchev–Trinajstić information content (AvgIpc) is 2.77. The van der Waals surface area contributed by atoms with Crippen LogP contribution in [0, 0.1) is 18.8 Å². The van der Waals surface area contributed by atoms with Gasteiger partial charge < -0.3 is 5.11 Å². The third-order valence-corrected chi connectivity index (χ3v) is 4.95. The summed E-state index contributed by atoms with van der Waals surface area (Å²) < 4.78 is 15.0. The van der Waals surface area contributed by atoms with Crippen molar-refractivity contribution in [1.82, 2.24) is 20.0 Å². The second-order valence-corrected chi connectivity index (χ2v) is 6.37.